The van der Waals surface area contributed by atoms with Gasteiger partial charge in [-0.05, 0) is 36.4 Å². The number of amides is 1. The predicted octanol–water partition coefficient (Wildman–Crippen LogP) is 1.86. The van der Waals surface area contributed by atoms with Crippen molar-refractivity contribution in [1.29, 1.82) is 0 Å². The minimum absolute atomic E-state index is 0.0991. The molecular formula is C24H27N5O4S. The number of anilines is 1. The highest BCUT2D eigenvalue weighted by molar-refractivity contribution is 7.89. The first kappa shape index (κ1) is 22.6. The second kappa shape index (κ2) is 9.57. The lowest BCUT2D eigenvalue weighted by molar-refractivity contribution is 0.0730. The maximum absolute atomic E-state index is 13.0. The maximum Gasteiger partial charge on any atom is 0.274 e. The van der Waals surface area contributed by atoms with Crippen LogP contribution in [0, 0.1) is 0 Å². The molecule has 2 saturated heterocycles. The fourth-order valence-corrected chi connectivity index (χ4v) is 5.68. The average molecular weight is 482 g/mol. The first-order valence-corrected chi connectivity index (χ1v) is 12.8. The molecule has 178 valence electrons. The van der Waals surface area contributed by atoms with E-state index in [0.717, 1.165) is 24.5 Å². The van der Waals surface area contributed by atoms with Crippen LogP contribution in [0.1, 0.15) is 10.5 Å². The van der Waals surface area contributed by atoms with E-state index in [1.807, 2.05) is 23.1 Å². The Hall–Kier alpha value is -3.21. The third-order valence-electron chi connectivity index (χ3n) is 6.23. The number of benzene rings is 2. The van der Waals surface area contributed by atoms with E-state index in [1.54, 1.807) is 41.4 Å². The zero-order valence-corrected chi connectivity index (χ0v) is 19.6. The van der Waals surface area contributed by atoms with Crippen LogP contribution in [-0.4, -0.2) is 85.6 Å². The highest BCUT2D eigenvalue weighted by Gasteiger charge is 2.27. The summed E-state index contributed by atoms with van der Waals surface area (Å²) in [6.07, 6.45) is 3.27. The molecule has 1 aromatic heterocycles. The van der Waals surface area contributed by atoms with Gasteiger partial charge in [-0.15, -0.1) is 0 Å². The number of piperazine rings is 1. The Labute approximate surface area is 199 Å². The number of hydrogen-bond donors (Lipinski definition) is 0. The standard InChI is InChI=1S/C24H27N5O4S/c30-24(27-12-10-26(11-13-27)20-4-2-1-3-5-20)23-18-28(19-25-23)21-6-8-22(9-7-21)34(31,32)29-14-16-33-17-15-29/h1-9,18-19H,10-17H2. The Morgan fingerprint density at radius 1 is 0.824 bits per heavy atom. The molecule has 34 heavy (non-hydrogen) atoms. The third-order valence-corrected chi connectivity index (χ3v) is 8.15. The number of rotatable bonds is 5. The highest BCUT2D eigenvalue weighted by atomic mass is 32.2. The zero-order valence-electron chi connectivity index (χ0n) is 18.8. The monoisotopic (exact) mass is 481 g/mol. The van der Waals surface area contributed by atoms with E-state index in [2.05, 4.69) is 22.0 Å². The molecule has 0 saturated carbocycles. The minimum atomic E-state index is -3.54. The Bertz CT molecular complexity index is 1230. The summed E-state index contributed by atoms with van der Waals surface area (Å²) in [6.45, 7) is 4.34. The van der Waals surface area contributed by atoms with E-state index in [1.165, 1.54) is 4.31 Å². The summed E-state index contributed by atoms with van der Waals surface area (Å²) < 4.78 is 34.1. The smallest absolute Gasteiger partial charge is 0.274 e. The van der Waals surface area contributed by atoms with Crippen LogP contribution in [0.25, 0.3) is 5.69 Å². The molecule has 2 aliphatic heterocycles. The van der Waals surface area contributed by atoms with Crippen molar-refractivity contribution in [2.24, 2.45) is 0 Å². The number of hydrogen-bond acceptors (Lipinski definition) is 6. The van der Waals surface area contributed by atoms with Crippen molar-refractivity contribution in [2.45, 2.75) is 4.90 Å². The Balaban J connectivity index is 1.24. The van der Waals surface area contributed by atoms with Crippen LogP contribution in [0.2, 0.25) is 0 Å². The van der Waals surface area contributed by atoms with Crippen LogP contribution in [0.5, 0.6) is 0 Å². The molecule has 0 unspecified atom stereocenters. The van der Waals surface area contributed by atoms with Crippen LogP contribution in [0.3, 0.4) is 0 Å². The van der Waals surface area contributed by atoms with E-state index < -0.39 is 10.0 Å². The molecule has 0 spiro atoms. The van der Waals surface area contributed by atoms with E-state index >= 15 is 0 Å². The van der Waals surface area contributed by atoms with Crippen molar-refractivity contribution in [1.82, 2.24) is 18.8 Å². The number of carbonyl (C=O) groups is 1. The molecule has 2 aromatic carbocycles. The van der Waals surface area contributed by atoms with Gasteiger partial charge in [0, 0.05) is 56.8 Å². The van der Waals surface area contributed by atoms with Gasteiger partial charge in [-0.1, -0.05) is 18.2 Å². The van der Waals surface area contributed by atoms with Crippen LogP contribution in [-0.2, 0) is 14.8 Å². The lowest BCUT2D eigenvalue weighted by atomic mass is 10.2. The van der Waals surface area contributed by atoms with Gasteiger partial charge in [-0.2, -0.15) is 4.31 Å². The quantitative estimate of drug-likeness (QED) is 0.553. The van der Waals surface area contributed by atoms with Gasteiger partial charge in [0.1, 0.15) is 12.0 Å². The molecule has 5 rings (SSSR count). The van der Waals surface area contributed by atoms with E-state index in [-0.39, 0.29) is 10.8 Å². The second-order valence-electron chi connectivity index (χ2n) is 8.29. The lowest BCUT2D eigenvalue weighted by Gasteiger charge is -2.35. The number of sulfonamides is 1. The van der Waals surface area contributed by atoms with Crippen LogP contribution in [0.4, 0.5) is 5.69 Å². The summed E-state index contributed by atoms with van der Waals surface area (Å²) >= 11 is 0. The lowest BCUT2D eigenvalue weighted by Crippen LogP contribution is -2.48. The summed E-state index contributed by atoms with van der Waals surface area (Å²) in [5, 5.41) is 0. The molecule has 0 atom stereocenters. The van der Waals surface area contributed by atoms with Crippen molar-refractivity contribution >= 4 is 21.6 Å². The normalized spacial score (nSPS) is 17.6. The van der Waals surface area contributed by atoms with Crippen molar-refractivity contribution in [3.8, 4) is 5.69 Å². The number of carbonyl (C=O) groups excluding carboxylic acids is 1. The number of para-hydroxylation sites is 1. The van der Waals surface area contributed by atoms with Crippen molar-refractivity contribution in [3.63, 3.8) is 0 Å². The summed E-state index contributed by atoms with van der Waals surface area (Å²) in [7, 11) is -3.54. The van der Waals surface area contributed by atoms with Gasteiger partial charge in [0.05, 0.1) is 18.1 Å². The van der Waals surface area contributed by atoms with Gasteiger partial charge in [-0.25, -0.2) is 13.4 Å². The summed E-state index contributed by atoms with van der Waals surface area (Å²) in [4.78, 5) is 21.6. The van der Waals surface area contributed by atoms with Gasteiger partial charge in [0.25, 0.3) is 5.91 Å². The molecule has 2 fully saturated rings. The van der Waals surface area contributed by atoms with Gasteiger partial charge >= 0.3 is 0 Å². The summed E-state index contributed by atoms with van der Waals surface area (Å²) in [6, 6.07) is 16.8. The Morgan fingerprint density at radius 2 is 1.50 bits per heavy atom. The summed E-state index contributed by atoms with van der Waals surface area (Å²) in [5.74, 6) is -0.0991. The second-order valence-corrected chi connectivity index (χ2v) is 10.2. The largest absolute Gasteiger partial charge is 0.379 e. The van der Waals surface area contributed by atoms with Gasteiger partial charge < -0.3 is 19.1 Å². The van der Waals surface area contributed by atoms with Crippen LogP contribution < -0.4 is 4.90 Å². The molecule has 10 heteroatoms. The number of aromatic nitrogens is 2. The predicted molar refractivity (Wildman–Crippen MR) is 128 cm³/mol. The SMILES string of the molecule is O=C(c1cn(-c2ccc(S(=O)(=O)N3CCOCC3)cc2)cn1)N1CCN(c2ccccc2)CC1. The molecule has 3 heterocycles. The van der Waals surface area contributed by atoms with Gasteiger partial charge in [-0.3, -0.25) is 4.79 Å². The van der Waals surface area contributed by atoms with Crippen molar-refractivity contribution in [2.75, 3.05) is 57.4 Å². The molecule has 1 amide bonds. The molecule has 0 N–H and O–H groups in total. The number of imidazole rings is 1. The van der Waals surface area contributed by atoms with Crippen LogP contribution >= 0.6 is 0 Å². The Morgan fingerprint density at radius 3 is 2.18 bits per heavy atom. The number of morpholine rings is 1. The fraction of sp³-hybridized carbons (Fsp3) is 0.333. The van der Waals surface area contributed by atoms with Gasteiger partial charge in [0.15, 0.2) is 0 Å². The van der Waals surface area contributed by atoms with E-state index in [9.17, 15) is 13.2 Å². The zero-order chi connectivity index (χ0) is 23.5. The minimum Gasteiger partial charge on any atom is -0.379 e. The average Bonchev–Trinajstić information content (AvgIpc) is 3.40. The maximum atomic E-state index is 13.0. The molecule has 0 bridgehead atoms. The van der Waals surface area contributed by atoms with Crippen LogP contribution in [0.15, 0.2) is 72.0 Å². The molecule has 0 radical (unpaired) electrons. The van der Waals surface area contributed by atoms with Gasteiger partial charge in [0.2, 0.25) is 10.0 Å². The molecule has 2 aliphatic rings. The molecule has 3 aromatic rings. The van der Waals surface area contributed by atoms with Crippen molar-refractivity contribution in [3.05, 3.63) is 72.8 Å². The van der Waals surface area contributed by atoms with E-state index in [4.69, 9.17) is 4.74 Å². The fourth-order valence-electron chi connectivity index (χ4n) is 4.27. The number of ether oxygens (including phenoxy) is 1. The Kier molecular flexibility index (Phi) is 6.36. The highest BCUT2D eigenvalue weighted by Crippen LogP contribution is 2.20. The molecular weight excluding hydrogens is 454 g/mol. The topological polar surface area (TPSA) is 88.0 Å². The first-order valence-electron chi connectivity index (χ1n) is 11.3. The molecule has 9 nitrogen and oxygen atoms in total. The summed E-state index contributed by atoms with van der Waals surface area (Å²) in [5.41, 5.74) is 2.28. The first-order chi connectivity index (χ1) is 16.5. The van der Waals surface area contributed by atoms with E-state index in [0.29, 0.717) is 45.1 Å². The van der Waals surface area contributed by atoms with Crippen molar-refractivity contribution < 1.29 is 17.9 Å². The third kappa shape index (κ3) is 4.56. The number of nitrogens with zero attached hydrogens (tertiary/aromatic N) is 5. The molecule has 0 aliphatic carbocycles.